The molecule has 0 aromatic carbocycles. The number of aromatic carboxylic acids is 1. The van der Waals surface area contributed by atoms with Crippen LogP contribution in [0.1, 0.15) is 47.2 Å². The van der Waals surface area contributed by atoms with Gasteiger partial charge < -0.3 is 15.6 Å². The van der Waals surface area contributed by atoms with E-state index in [4.69, 9.17) is 15.6 Å². The Labute approximate surface area is 109 Å². The maximum atomic E-state index is 11.7. The van der Waals surface area contributed by atoms with E-state index in [9.17, 15) is 9.59 Å². The predicted octanol–water partition coefficient (Wildman–Crippen LogP) is 1.49. The average Bonchev–Trinajstić information content (AvgIpc) is 2.56. The molecule has 100 valence electrons. The Hall–Kier alpha value is -1.47. The summed E-state index contributed by atoms with van der Waals surface area (Å²) in [6.45, 7) is 6.75. The molecule has 0 aliphatic carbocycles. The smallest absolute Gasteiger partial charge is 0.347 e. The molecule has 0 amide bonds. The van der Waals surface area contributed by atoms with Crippen molar-refractivity contribution >= 4 is 23.3 Å². The number of aryl methyl sites for hydroxylation is 1. The summed E-state index contributed by atoms with van der Waals surface area (Å²) in [4.78, 5) is 26.7. The van der Waals surface area contributed by atoms with Crippen molar-refractivity contribution in [3.05, 3.63) is 15.6 Å². The van der Waals surface area contributed by atoms with Crippen molar-refractivity contribution in [3.63, 3.8) is 0 Å². The van der Waals surface area contributed by atoms with E-state index in [0.717, 1.165) is 11.3 Å². The first-order valence-corrected chi connectivity index (χ1v) is 6.12. The highest BCUT2D eigenvalue weighted by Gasteiger charge is 2.27. The van der Waals surface area contributed by atoms with Crippen LogP contribution in [0.3, 0.4) is 0 Å². The second kappa shape index (κ2) is 5.03. The Bertz CT molecular complexity index is 476. The number of carboxylic acid groups (broad SMARTS) is 1. The van der Waals surface area contributed by atoms with Gasteiger partial charge in [-0.05, 0) is 27.7 Å². The Morgan fingerprint density at radius 2 is 2.00 bits per heavy atom. The van der Waals surface area contributed by atoms with Crippen molar-refractivity contribution in [2.45, 2.75) is 39.3 Å². The van der Waals surface area contributed by atoms with E-state index in [0.29, 0.717) is 5.69 Å². The number of thiazole rings is 1. The zero-order valence-corrected chi connectivity index (χ0v) is 11.5. The van der Waals surface area contributed by atoms with Gasteiger partial charge in [-0.1, -0.05) is 0 Å². The van der Waals surface area contributed by atoms with Crippen molar-refractivity contribution in [1.82, 2.24) is 4.98 Å². The van der Waals surface area contributed by atoms with Crippen LogP contribution in [0.2, 0.25) is 0 Å². The van der Waals surface area contributed by atoms with Crippen molar-refractivity contribution < 1.29 is 19.4 Å². The molecule has 1 aromatic heterocycles. The number of carboxylic acids is 1. The SMILES string of the molecule is Cc1nc(C(N)C(=O)OC(C)(C)C)sc1C(=O)O. The number of hydrogen-bond donors (Lipinski definition) is 2. The van der Waals surface area contributed by atoms with Crippen LogP contribution >= 0.6 is 11.3 Å². The van der Waals surface area contributed by atoms with Gasteiger partial charge in [0.1, 0.15) is 15.5 Å². The van der Waals surface area contributed by atoms with E-state index in [2.05, 4.69) is 4.98 Å². The lowest BCUT2D eigenvalue weighted by Gasteiger charge is -2.21. The summed E-state index contributed by atoms with van der Waals surface area (Å²) >= 11 is 0.894. The number of aromatic nitrogens is 1. The maximum Gasteiger partial charge on any atom is 0.347 e. The van der Waals surface area contributed by atoms with Crippen LogP contribution in [0.15, 0.2) is 0 Å². The van der Waals surface area contributed by atoms with Gasteiger partial charge in [-0.15, -0.1) is 11.3 Å². The molecule has 7 heteroatoms. The van der Waals surface area contributed by atoms with Crippen LogP contribution in [0.5, 0.6) is 0 Å². The highest BCUT2D eigenvalue weighted by molar-refractivity contribution is 7.13. The van der Waals surface area contributed by atoms with Crippen LogP contribution < -0.4 is 5.73 Å². The fourth-order valence-corrected chi connectivity index (χ4v) is 2.11. The number of nitrogens with zero attached hydrogens (tertiary/aromatic N) is 1. The monoisotopic (exact) mass is 272 g/mol. The van der Waals surface area contributed by atoms with Crippen molar-refractivity contribution in [2.75, 3.05) is 0 Å². The topological polar surface area (TPSA) is 103 Å². The predicted molar refractivity (Wildman–Crippen MR) is 66.6 cm³/mol. The number of hydrogen-bond acceptors (Lipinski definition) is 6. The first-order valence-electron chi connectivity index (χ1n) is 5.31. The molecule has 0 fully saturated rings. The van der Waals surface area contributed by atoms with Gasteiger partial charge in [-0.25, -0.2) is 14.6 Å². The molecule has 18 heavy (non-hydrogen) atoms. The largest absolute Gasteiger partial charge is 0.477 e. The lowest BCUT2D eigenvalue weighted by molar-refractivity contribution is -0.156. The van der Waals surface area contributed by atoms with Crippen molar-refractivity contribution in [3.8, 4) is 0 Å². The number of nitrogens with two attached hydrogens (primary N) is 1. The van der Waals surface area contributed by atoms with Gasteiger partial charge in [0, 0.05) is 0 Å². The minimum atomic E-state index is -1.08. The zero-order chi connectivity index (χ0) is 14.1. The van der Waals surface area contributed by atoms with E-state index in [1.54, 1.807) is 27.7 Å². The molecule has 0 aliphatic rings. The average molecular weight is 272 g/mol. The van der Waals surface area contributed by atoms with Gasteiger partial charge in [0.25, 0.3) is 0 Å². The summed E-state index contributed by atoms with van der Waals surface area (Å²) in [6, 6.07) is -1.05. The molecule has 3 N–H and O–H groups in total. The standard InChI is InChI=1S/C11H16N2O4S/c1-5-7(9(14)15)18-8(13-5)6(12)10(16)17-11(2,3)4/h6H,12H2,1-4H3,(H,14,15). The fraction of sp³-hybridized carbons (Fsp3) is 0.545. The van der Waals surface area contributed by atoms with E-state index in [1.807, 2.05) is 0 Å². The summed E-state index contributed by atoms with van der Waals surface area (Å²) < 4.78 is 5.12. The van der Waals surface area contributed by atoms with Gasteiger partial charge in [-0.2, -0.15) is 0 Å². The number of carbonyl (C=O) groups excluding carboxylic acids is 1. The second-order valence-corrected chi connectivity index (χ2v) is 5.81. The molecule has 0 saturated carbocycles. The lowest BCUT2D eigenvalue weighted by Crippen LogP contribution is -2.31. The Morgan fingerprint density at radius 3 is 2.39 bits per heavy atom. The van der Waals surface area contributed by atoms with E-state index in [1.165, 1.54) is 0 Å². The molecule has 0 bridgehead atoms. The third-order valence-corrected chi connectivity index (χ3v) is 3.16. The number of rotatable bonds is 3. The van der Waals surface area contributed by atoms with Crippen LogP contribution in [-0.4, -0.2) is 27.6 Å². The fourth-order valence-electron chi connectivity index (χ4n) is 1.21. The number of carbonyl (C=O) groups is 2. The Morgan fingerprint density at radius 1 is 1.44 bits per heavy atom. The quantitative estimate of drug-likeness (QED) is 0.808. The molecule has 0 spiro atoms. The number of esters is 1. The van der Waals surface area contributed by atoms with E-state index in [-0.39, 0.29) is 9.88 Å². The molecule has 1 rings (SSSR count). The molecule has 1 aromatic rings. The van der Waals surface area contributed by atoms with Crippen LogP contribution in [0, 0.1) is 6.92 Å². The third kappa shape index (κ3) is 3.51. The minimum Gasteiger partial charge on any atom is -0.477 e. The lowest BCUT2D eigenvalue weighted by atomic mass is 10.2. The van der Waals surface area contributed by atoms with Crippen LogP contribution in [-0.2, 0) is 9.53 Å². The summed E-state index contributed by atoms with van der Waals surface area (Å²) in [6.07, 6.45) is 0. The molecular formula is C11H16N2O4S. The third-order valence-electron chi connectivity index (χ3n) is 1.93. The first-order chi connectivity index (χ1) is 8.11. The molecular weight excluding hydrogens is 256 g/mol. The maximum absolute atomic E-state index is 11.7. The molecule has 1 atom stereocenters. The van der Waals surface area contributed by atoms with Gasteiger partial charge >= 0.3 is 11.9 Å². The molecule has 1 heterocycles. The van der Waals surface area contributed by atoms with Gasteiger partial charge in [0.2, 0.25) is 0 Å². The summed E-state index contributed by atoms with van der Waals surface area (Å²) in [7, 11) is 0. The van der Waals surface area contributed by atoms with Crippen LogP contribution in [0.4, 0.5) is 0 Å². The number of ether oxygens (including phenoxy) is 1. The van der Waals surface area contributed by atoms with Gasteiger partial charge in [0.15, 0.2) is 6.04 Å². The Kier molecular flexibility index (Phi) is 4.08. The van der Waals surface area contributed by atoms with Gasteiger partial charge in [0.05, 0.1) is 5.69 Å². The van der Waals surface area contributed by atoms with Gasteiger partial charge in [-0.3, -0.25) is 0 Å². The second-order valence-electron chi connectivity index (χ2n) is 4.78. The summed E-state index contributed by atoms with van der Waals surface area (Å²) in [5, 5.41) is 9.15. The first kappa shape index (κ1) is 14.6. The summed E-state index contributed by atoms with van der Waals surface area (Å²) in [5.41, 5.74) is 5.41. The zero-order valence-electron chi connectivity index (χ0n) is 10.7. The highest BCUT2D eigenvalue weighted by atomic mass is 32.1. The molecule has 0 radical (unpaired) electrons. The van der Waals surface area contributed by atoms with Crippen molar-refractivity contribution in [2.24, 2.45) is 5.73 Å². The Balaban J connectivity index is 2.91. The molecule has 0 aliphatic heterocycles. The molecule has 6 nitrogen and oxygen atoms in total. The van der Waals surface area contributed by atoms with E-state index >= 15 is 0 Å². The minimum absolute atomic E-state index is 0.0870. The van der Waals surface area contributed by atoms with Crippen LogP contribution in [0.25, 0.3) is 0 Å². The summed E-state index contributed by atoms with van der Waals surface area (Å²) in [5.74, 6) is -1.69. The highest BCUT2D eigenvalue weighted by Crippen LogP contribution is 2.24. The molecule has 1 unspecified atom stereocenters. The normalized spacial score (nSPS) is 13.2. The van der Waals surface area contributed by atoms with Crippen molar-refractivity contribution in [1.29, 1.82) is 0 Å². The molecule has 0 saturated heterocycles. The van der Waals surface area contributed by atoms with E-state index < -0.39 is 23.6 Å².